The number of rotatable bonds is 4. The summed E-state index contributed by atoms with van der Waals surface area (Å²) in [4.78, 5) is 0. The highest BCUT2D eigenvalue weighted by atomic mass is 35.5. The monoisotopic (exact) mass is 288 g/mol. The summed E-state index contributed by atoms with van der Waals surface area (Å²) in [7, 11) is 0. The highest BCUT2D eigenvalue weighted by Gasteiger charge is 2.11. The standard InChI is InChI=1S/C15H13ClN2O2/c16-13-6-14(20-10-11-4-2-1-3-5-11)15-12(9-19)7-17-18(15)8-13/h1-8,19H,9-10H2. The molecular formula is C15H13ClN2O2. The van der Waals surface area contributed by atoms with Crippen molar-refractivity contribution in [2.24, 2.45) is 0 Å². The Kier molecular flexibility index (Phi) is 3.58. The van der Waals surface area contributed by atoms with Crippen molar-refractivity contribution in [3.8, 4) is 5.75 Å². The SMILES string of the molecule is OCc1cnn2cc(Cl)cc(OCc3ccccc3)c12. The molecule has 0 atom stereocenters. The van der Waals surface area contributed by atoms with Crippen LogP contribution in [0.2, 0.25) is 5.02 Å². The van der Waals surface area contributed by atoms with Crippen LogP contribution in [0, 0.1) is 0 Å². The van der Waals surface area contributed by atoms with Gasteiger partial charge in [0.2, 0.25) is 0 Å². The van der Waals surface area contributed by atoms with E-state index in [4.69, 9.17) is 16.3 Å². The number of ether oxygens (including phenoxy) is 1. The molecule has 0 radical (unpaired) electrons. The van der Waals surface area contributed by atoms with Crippen LogP contribution in [0.1, 0.15) is 11.1 Å². The third kappa shape index (κ3) is 2.48. The Balaban J connectivity index is 1.95. The number of hydrogen-bond acceptors (Lipinski definition) is 3. The highest BCUT2D eigenvalue weighted by Crippen LogP contribution is 2.28. The molecule has 0 aliphatic heterocycles. The highest BCUT2D eigenvalue weighted by molar-refractivity contribution is 6.30. The summed E-state index contributed by atoms with van der Waals surface area (Å²) in [6.45, 7) is 0.347. The van der Waals surface area contributed by atoms with Gasteiger partial charge in [-0.3, -0.25) is 0 Å². The Labute approximate surface area is 121 Å². The molecule has 2 aromatic heterocycles. The fourth-order valence-electron chi connectivity index (χ4n) is 2.08. The van der Waals surface area contributed by atoms with Crippen LogP contribution in [0.4, 0.5) is 0 Å². The maximum atomic E-state index is 9.36. The third-order valence-electron chi connectivity index (χ3n) is 3.03. The molecule has 0 saturated heterocycles. The van der Waals surface area contributed by atoms with E-state index in [2.05, 4.69) is 5.10 Å². The Bertz CT molecular complexity index is 725. The molecule has 2 heterocycles. The van der Waals surface area contributed by atoms with Gasteiger partial charge in [-0.1, -0.05) is 41.9 Å². The predicted molar refractivity (Wildman–Crippen MR) is 76.9 cm³/mol. The minimum atomic E-state index is -0.0904. The zero-order valence-corrected chi connectivity index (χ0v) is 11.4. The summed E-state index contributed by atoms with van der Waals surface area (Å²) in [5, 5.41) is 14.1. The molecule has 3 rings (SSSR count). The molecule has 1 aromatic carbocycles. The van der Waals surface area contributed by atoms with Gasteiger partial charge in [-0.25, -0.2) is 4.52 Å². The van der Waals surface area contributed by atoms with Crippen molar-refractivity contribution in [2.45, 2.75) is 13.2 Å². The predicted octanol–water partition coefficient (Wildman–Crippen LogP) is 3.06. The first kappa shape index (κ1) is 13.0. The lowest BCUT2D eigenvalue weighted by Crippen LogP contribution is -1.99. The van der Waals surface area contributed by atoms with E-state index < -0.39 is 0 Å². The van der Waals surface area contributed by atoms with E-state index in [0.717, 1.165) is 11.1 Å². The summed E-state index contributed by atoms with van der Waals surface area (Å²) in [5.41, 5.74) is 2.52. The molecular weight excluding hydrogens is 276 g/mol. The maximum Gasteiger partial charge on any atom is 0.147 e. The van der Waals surface area contributed by atoms with E-state index >= 15 is 0 Å². The number of aromatic nitrogens is 2. The van der Waals surface area contributed by atoms with Crippen LogP contribution < -0.4 is 4.74 Å². The van der Waals surface area contributed by atoms with Crippen molar-refractivity contribution in [3.63, 3.8) is 0 Å². The number of halogens is 1. The molecule has 0 aliphatic rings. The first-order valence-corrected chi connectivity index (χ1v) is 6.59. The average Bonchev–Trinajstić information content (AvgIpc) is 2.88. The lowest BCUT2D eigenvalue weighted by molar-refractivity contribution is 0.281. The van der Waals surface area contributed by atoms with Crippen molar-refractivity contribution >= 4 is 17.1 Å². The average molecular weight is 289 g/mol. The van der Waals surface area contributed by atoms with Crippen molar-refractivity contribution in [2.75, 3.05) is 0 Å². The van der Waals surface area contributed by atoms with Gasteiger partial charge in [0.25, 0.3) is 0 Å². The first-order valence-electron chi connectivity index (χ1n) is 6.21. The number of fused-ring (bicyclic) bond motifs is 1. The molecule has 20 heavy (non-hydrogen) atoms. The van der Waals surface area contributed by atoms with Crippen molar-refractivity contribution < 1.29 is 9.84 Å². The Hall–Kier alpha value is -2.04. The molecule has 5 heteroatoms. The fourth-order valence-corrected chi connectivity index (χ4v) is 2.27. The van der Waals surface area contributed by atoms with Crippen LogP contribution in [0.5, 0.6) is 5.75 Å². The molecule has 3 aromatic rings. The van der Waals surface area contributed by atoms with Gasteiger partial charge in [-0.05, 0) is 5.56 Å². The molecule has 0 spiro atoms. The lowest BCUT2D eigenvalue weighted by atomic mass is 10.2. The van der Waals surface area contributed by atoms with Crippen molar-refractivity contribution in [1.29, 1.82) is 0 Å². The summed E-state index contributed by atoms with van der Waals surface area (Å²) >= 11 is 6.05. The molecule has 0 aliphatic carbocycles. The number of pyridine rings is 1. The van der Waals surface area contributed by atoms with Crippen LogP contribution >= 0.6 is 11.6 Å². The van der Waals surface area contributed by atoms with Gasteiger partial charge in [-0.2, -0.15) is 5.10 Å². The minimum Gasteiger partial charge on any atom is -0.487 e. The second-order valence-corrected chi connectivity index (χ2v) is 4.85. The Morgan fingerprint density at radius 2 is 2.05 bits per heavy atom. The van der Waals surface area contributed by atoms with Crippen molar-refractivity contribution in [1.82, 2.24) is 9.61 Å². The van der Waals surface area contributed by atoms with Gasteiger partial charge in [0, 0.05) is 17.8 Å². The quantitative estimate of drug-likeness (QED) is 0.802. The van der Waals surface area contributed by atoms with Crippen LogP contribution in [-0.2, 0) is 13.2 Å². The lowest BCUT2D eigenvalue weighted by Gasteiger charge is -2.09. The Morgan fingerprint density at radius 3 is 2.80 bits per heavy atom. The summed E-state index contributed by atoms with van der Waals surface area (Å²) < 4.78 is 7.45. The largest absolute Gasteiger partial charge is 0.487 e. The van der Waals surface area contributed by atoms with E-state index in [1.54, 1.807) is 23.0 Å². The van der Waals surface area contributed by atoms with Gasteiger partial charge >= 0.3 is 0 Å². The summed E-state index contributed by atoms with van der Waals surface area (Å²) in [6, 6.07) is 11.6. The number of benzene rings is 1. The molecule has 0 amide bonds. The molecule has 0 bridgehead atoms. The second kappa shape index (κ2) is 5.53. The molecule has 1 N–H and O–H groups in total. The van der Waals surface area contributed by atoms with E-state index in [1.807, 2.05) is 30.3 Å². The smallest absolute Gasteiger partial charge is 0.147 e. The molecule has 0 saturated carbocycles. The number of aliphatic hydroxyl groups excluding tert-OH is 1. The molecule has 102 valence electrons. The molecule has 0 unspecified atom stereocenters. The Morgan fingerprint density at radius 1 is 1.25 bits per heavy atom. The third-order valence-corrected chi connectivity index (χ3v) is 3.23. The van der Waals surface area contributed by atoms with E-state index in [1.165, 1.54) is 0 Å². The van der Waals surface area contributed by atoms with Crippen LogP contribution in [-0.4, -0.2) is 14.7 Å². The fraction of sp³-hybridized carbons (Fsp3) is 0.133. The molecule has 0 fully saturated rings. The van der Waals surface area contributed by atoms with Crippen LogP contribution in [0.15, 0.2) is 48.8 Å². The van der Waals surface area contributed by atoms with Crippen LogP contribution in [0.3, 0.4) is 0 Å². The number of aliphatic hydroxyl groups is 1. The maximum absolute atomic E-state index is 9.36. The van der Waals surface area contributed by atoms with Gasteiger partial charge in [-0.15, -0.1) is 0 Å². The second-order valence-electron chi connectivity index (χ2n) is 4.42. The van der Waals surface area contributed by atoms with Gasteiger partial charge in [0.05, 0.1) is 17.8 Å². The van der Waals surface area contributed by atoms with Gasteiger partial charge in [0.1, 0.15) is 17.9 Å². The molecule has 4 nitrogen and oxygen atoms in total. The summed E-state index contributed by atoms with van der Waals surface area (Å²) in [6.07, 6.45) is 3.30. The van der Waals surface area contributed by atoms with E-state index in [0.29, 0.717) is 22.9 Å². The number of hydrogen-bond donors (Lipinski definition) is 1. The summed E-state index contributed by atoms with van der Waals surface area (Å²) in [5.74, 6) is 0.614. The minimum absolute atomic E-state index is 0.0904. The van der Waals surface area contributed by atoms with Crippen molar-refractivity contribution in [3.05, 3.63) is 64.9 Å². The zero-order valence-electron chi connectivity index (χ0n) is 10.7. The number of nitrogens with zero attached hydrogens (tertiary/aromatic N) is 2. The van der Waals surface area contributed by atoms with E-state index in [-0.39, 0.29) is 6.61 Å². The van der Waals surface area contributed by atoms with E-state index in [9.17, 15) is 5.11 Å². The van der Waals surface area contributed by atoms with Crippen LogP contribution in [0.25, 0.3) is 5.52 Å². The normalized spacial score (nSPS) is 10.9. The first-order chi connectivity index (χ1) is 9.78. The topological polar surface area (TPSA) is 46.8 Å². The van der Waals surface area contributed by atoms with Gasteiger partial charge in [0.15, 0.2) is 0 Å². The van der Waals surface area contributed by atoms with Gasteiger partial charge < -0.3 is 9.84 Å². The zero-order chi connectivity index (χ0) is 13.9.